The number of aliphatic hydroxyl groups excluding tert-OH is 2. The summed E-state index contributed by atoms with van der Waals surface area (Å²) in [6.45, 7) is -0.0546. The molecule has 0 radical (unpaired) electrons. The summed E-state index contributed by atoms with van der Waals surface area (Å²) in [5.74, 6) is 0. The normalized spacial score (nSPS) is 11.8. The van der Waals surface area contributed by atoms with Crippen LogP contribution in [0.4, 0.5) is 5.69 Å². The van der Waals surface area contributed by atoms with Gasteiger partial charge in [0.05, 0.1) is 34.0 Å². The topological polar surface area (TPSA) is 65.4 Å². The number of nitrogens with zero attached hydrogens (tertiary/aromatic N) is 1. The lowest BCUT2D eigenvalue weighted by molar-refractivity contribution is 0.105. The van der Waals surface area contributed by atoms with Crippen molar-refractivity contribution in [2.24, 2.45) is 0 Å². The van der Waals surface area contributed by atoms with Crippen LogP contribution in [0, 0.1) is 0 Å². The molecule has 0 amide bonds. The summed E-state index contributed by atoms with van der Waals surface area (Å²) >= 11 is 12.1. The summed E-state index contributed by atoms with van der Waals surface area (Å²) in [7, 11) is 0. The fourth-order valence-corrected chi connectivity index (χ4v) is 2.72. The van der Waals surface area contributed by atoms with Gasteiger partial charge in [-0.15, -0.1) is 12.4 Å². The third-order valence-electron chi connectivity index (χ3n) is 3.67. The fourth-order valence-electron chi connectivity index (χ4n) is 2.42. The van der Waals surface area contributed by atoms with Crippen molar-refractivity contribution in [2.75, 3.05) is 18.5 Å². The molecular formula is C18H17Cl3N2O2. The second kappa shape index (κ2) is 8.70. The average molecular weight is 400 g/mol. The van der Waals surface area contributed by atoms with Gasteiger partial charge in [-0.25, -0.2) is 4.98 Å². The van der Waals surface area contributed by atoms with Crippen LogP contribution in [0.25, 0.3) is 22.2 Å². The predicted octanol–water partition coefficient (Wildman–Crippen LogP) is 4.40. The van der Waals surface area contributed by atoms with Crippen molar-refractivity contribution in [3.8, 4) is 11.3 Å². The first kappa shape index (κ1) is 19.8. The molecule has 3 rings (SSSR count). The van der Waals surface area contributed by atoms with Crippen LogP contribution < -0.4 is 5.32 Å². The maximum Gasteiger partial charge on any atom is 0.0942 e. The number of aromatic nitrogens is 1. The number of halogens is 3. The summed E-state index contributed by atoms with van der Waals surface area (Å²) in [4.78, 5) is 4.67. The van der Waals surface area contributed by atoms with E-state index in [9.17, 15) is 5.11 Å². The van der Waals surface area contributed by atoms with Gasteiger partial charge in [-0.2, -0.15) is 0 Å². The minimum absolute atomic E-state index is 0. The molecule has 1 aromatic heterocycles. The van der Waals surface area contributed by atoms with Crippen molar-refractivity contribution in [3.63, 3.8) is 0 Å². The van der Waals surface area contributed by atoms with Gasteiger partial charge in [0.1, 0.15) is 0 Å². The van der Waals surface area contributed by atoms with Gasteiger partial charge < -0.3 is 15.5 Å². The summed E-state index contributed by atoms with van der Waals surface area (Å²) in [5.41, 5.74) is 3.24. The molecule has 3 N–H and O–H groups in total. The van der Waals surface area contributed by atoms with E-state index in [1.165, 1.54) is 0 Å². The zero-order valence-corrected chi connectivity index (χ0v) is 15.4. The van der Waals surface area contributed by atoms with Crippen LogP contribution in [-0.4, -0.2) is 34.5 Å². The maximum absolute atomic E-state index is 9.58. The van der Waals surface area contributed by atoms with Gasteiger partial charge in [-0.3, -0.25) is 0 Å². The van der Waals surface area contributed by atoms with Crippen LogP contribution >= 0.6 is 35.6 Å². The Labute approximate surface area is 161 Å². The molecule has 0 aliphatic heterocycles. The van der Waals surface area contributed by atoms with Crippen LogP contribution in [0.3, 0.4) is 0 Å². The number of para-hydroxylation sites is 1. The number of nitrogens with one attached hydrogen (secondary N) is 1. The highest BCUT2D eigenvalue weighted by molar-refractivity contribution is 6.42. The number of hydrogen-bond acceptors (Lipinski definition) is 4. The lowest BCUT2D eigenvalue weighted by Gasteiger charge is -2.14. The van der Waals surface area contributed by atoms with Crippen LogP contribution in [0.5, 0.6) is 0 Å². The SMILES string of the molecule is Cl.OCC(O)CNc1cc(-c2ccc(Cl)c(Cl)c2)nc2ccccc12. The molecule has 1 atom stereocenters. The first-order valence-corrected chi connectivity index (χ1v) is 8.22. The van der Waals surface area contributed by atoms with E-state index >= 15 is 0 Å². The molecule has 0 saturated carbocycles. The standard InChI is InChI=1S/C18H16Cl2N2O2.ClH/c19-14-6-5-11(7-15(14)20)17-8-18(21-9-12(24)10-23)13-3-1-2-4-16(13)22-17;/h1-8,12,23-24H,9-10H2,(H,21,22);1H. The van der Waals surface area contributed by atoms with Crippen molar-refractivity contribution in [2.45, 2.75) is 6.10 Å². The molecule has 132 valence electrons. The molecule has 0 aliphatic rings. The lowest BCUT2D eigenvalue weighted by Crippen LogP contribution is -2.23. The first-order valence-electron chi connectivity index (χ1n) is 7.46. The van der Waals surface area contributed by atoms with E-state index in [4.69, 9.17) is 28.3 Å². The van der Waals surface area contributed by atoms with E-state index < -0.39 is 6.10 Å². The van der Waals surface area contributed by atoms with E-state index in [1.807, 2.05) is 36.4 Å². The van der Waals surface area contributed by atoms with Crippen LogP contribution in [0.1, 0.15) is 0 Å². The molecule has 7 heteroatoms. The van der Waals surface area contributed by atoms with Crippen LogP contribution in [-0.2, 0) is 0 Å². The zero-order chi connectivity index (χ0) is 17.1. The second-order valence-electron chi connectivity index (χ2n) is 5.42. The van der Waals surface area contributed by atoms with E-state index in [0.717, 1.165) is 27.8 Å². The zero-order valence-electron chi connectivity index (χ0n) is 13.1. The largest absolute Gasteiger partial charge is 0.394 e. The number of anilines is 1. The Morgan fingerprint density at radius 1 is 1.04 bits per heavy atom. The van der Waals surface area contributed by atoms with Crippen molar-refractivity contribution >= 4 is 52.2 Å². The van der Waals surface area contributed by atoms with Crippen LogP contribution in [0.2, 0.25) is 10.0 Å². The highest BCUT2D eigenvalue weighted by Gasteiger charge is 2.10. The Hall–Kier alpha value is -1.56. The lowest BCUT2D eigenvalue weighted by atomic mass is 10.1. The molecule has 0 spiro atoms. The van der Waals surface area contributed by atoms with Gasteiger partial charge in [-0.1, -0.05) is 47.5 Å². The maximum atomic E-state index is 9.58. The van der Waals surface area contributed by atoms with Gasteiger partial charge in [0.15, 0.2) is 0 Å². The van der Waals surface area contributed by atoms with E-state index in [1.54, 1.807) is 12.1 Å². The highest BCUT2D eigenvalue weighted by Crippen LogP contribution is 2.31. The smallest absolute Gasteiger partial charge is 0.0942 e. The average Bonchev–Trinajstić information content (AvgIpc) is 2.61. The molecule has 1 unspecified atom stereocenters. The molecule has 25 heavy (non-hydrogen) atoms. The van der Waals surface area contributed by atoms with Crippen LogP contribution in [0.15, 0.2) is 48.5 Å². The van der Waals surface area contributed by atoms with Gasteiger partial charge in [0.25, 0.3) is 0 Å². The van der Waals surface area contributed by atoms with Gasteiger partial charge in [-0.05, 0) is 24.3 Å². The number of rotatable bonds is 5. The molecule has 0 bridgehead atoms. The molecule has 0 fully saturated rings. The quantitative estimate of drug-likeness (QED) is 0.595. The summed E-state index contributed by atoms with van der Waals surface area (Å²) in [6, 6.07) is 15.0. The Bertz CT molecular complexity index is 874. The minimum Gasteiger partial charge on any atom is -0.394 e. The first-order chi connectivity index (χ1) is 11.6. The molecule has 2 aromatic carbocycles. The summed E-state index contributed by atoms with van der Waals surface area (Å²) < 4.78 is 0. The number of pyridine rings is 1. The monoisotopic (exact) mass is 398 g/mol. The van der Waals surface area contributed by atoms with E-state index in [2.05, 4.69) is 10.3 Å². The molecule has 0 aliphatic carbocycles. The Kier molecular flexibility index (Phi) is 6.87. The van der Waals surface area contributed by atoms with Crippen molar-refractivity contribution in [3.05, 3.63) is 58.6 Å². The molecule has 3 aromatic rings. The number of aliphatic hydroxyl groups is 2. The molecule has 0 saturated heterocycles. The fraction of sp³-hybridized carbons (Fsp3) is 0.167. The molecule has 1 heterocycles. The Morgan fingerprint density at radius 2 is 1.80 bits per heavy atom. The van der Waals surface area contributed by atoms with Crippen molar-refractivity contribution in [1.29, 1.82) is 0 Å². The van der Waals surface area contributed by atoms with Gasteiger partial charge in [0, 0.05) is 23.2 Å². The second-order valence-corrected chi connectivity index (χ2v) is 6.23. The highest BCUT2D eigenvalue weighted by atomic mass is 35.5. The van der Waals surface area contributed by atoms with E-state index in [0.29, 0.717) is 10.0 Å². The molecule has 4 nitrogen and oxygen atoms in total. The van der Waals surface area contributed by atoms with Gasteiger partial charge >= 0.3 is 0 Å². The minimum atomic E-state index is -0.828. The summed E-state index contributed by atoms with van der Waals surface area (Å²) in [5, 5.41) is 23.6. The predicted molar refractivity (Wildman–Crippen MR) is 106 cm³/mol. The molecular weight excluding hydrogens is 383 g/mol. The number of fused-ring (bicyclic) bond motifs is 1. The van der Waals surface area contributed by atoms with Crippen molar-refractivity contribution in [1.82, 2.24) is 4.98 Å². The third kappa shape index (κ3) is 4.54. The number of benzene rings is 2. The number of hydrogen-bond donors (Lipinski definition) is 3. The van der Waals surface area contributed by atoms with Crippen molar-refractivity contribution < 1.29 is 10.2 Å². The van der Waals surface area contributed by atoms with Gasteiger partial charge in [0.2, 0.25) is 0 Å². The third-order valence-corrected chi connectivity index (χ3v) is 4.41. The summed E-state index contributed by atoms with van der Waals surface area (Å²) in [6.07, 6.45) is -0.828. The Morgan fingerprint density at radius 3 is 2.52 bits per heavy atom. The Balaban J connectivity index is 0.00000225. The van der Waals surface area contributed by atoms with E-state index in [-0.39, 0.29) is 25.6 Å².